The molecule has 170 valence electrons. The van der Waals surface area contributed by atoms with E-state index in [0.717, 1.165) is 6.42 Å². The number of benzene rings is 2. The van der Waals surface area contributed by atoms with Crippen molar-refractivity contribution >= 4 is 40.2 Å². The fourth-order valence-electron chi connectivity index (χ4n) is 4.88. The Morgan fingerprint density at radius 3 is 2.76 bits per heavy atom. The molecule has 2 heterocycles. The number of primary amides is 1. The number of piperidine rings is 1. The van der Waals surface area contributed by atoms with Crippen LogP contribution in [0.1, 0.15) is 28.9 Å². The standard InChI is InChI=1S/C23H21ClFN5O3/c24-16-6-3-4-13(19(16)25)11-27-22(33)23-10-14(23)8-9-29(23)18(31)12-30-17-7-2-1-5-15(17)20(28-30)21(26)32/h1-7,14H,8-12H2,(H2,26,32)(H,27,33). The molecule has 2 fully saturated rings. The molecule has 1 aliphatic carbocycles. The number of carbonyl (C=O) groups is 3. The van der Waals surface area contributed by atoms with E-state index in [1.165, 1.54) is 10.7 Å². The number of amides is 3. The zero-order valence-electron chi connectivity index (χ0n) is 17.6. The van der Waals surface area contributed by atoms with Crippen LogP contribution < -0.4 is 11.1 Å². The largest absolute Gasteiger partial charge is 0.364 e. The van der Waals surface area contributed by atoms with E-state index < -0.39 is 17.3 Å². The molecular formula is C23H21ClFN5O3. The van der Waals surface area contributed by atoms with Gasteiger partial charge in [0, 0.05) is 24.0 Å². The van der Waals surface area contributed by atoms with E-state index in [1.807, 2.05) is 0 Å². The summed E-state index contributed by atoms with van der Waals surface area (Å²) in [5, 5.41) is 7.57. The average Bonchev–Trinajstić information content (AvgIpc) is 3.23. The van der Waals surface area contributed by atoms with Crippen LogP contribution in [-0.4, -0.2) is 44.5 Å². The summed E-state index contributed by atoms with van der Waals surface area (Å²) >= 11 is 5.82. The Bertz CT molecular complexity index is 1310. The first-order chi connectivity index (χ1) is 15.8. The van der Waals surface area contributed by atoms with Gasteiger partial charge in [0.2, 0.25) is 11.8 Å². The predicted octanol–water partition coefficient (Wildman–Crippen LogP) is 2.24. The topological polar surface area (TPSA) is 110 Å². The molecule has 2 aromatic carbocycles. The molecule has 5 rings (SSSR count). The molecule has 0 radical (unpaired) electrons. The highest BCUT2D eigenvalue weighted by Crippen LogP contribution is 2.56. The molecule has 2 atom stereocenters. The smallest absolute Gasteiger partial charge is 0.269 e. The van der Waals surface area contributed by atoms with Gasteiger partial charge in [0.05, 0.1) is 10.5 Å². The molecule has 2 aliphatic rings. The third kappa shape index (κ3) is 3.43. The van der Waals surface area contributed by atoms with Crippen molar-refractivity contribution in [3.05, 3.63) is 64.6 Å². The Hall–Kier alpha value is -3.46. The van der Waals surface area contributed by atoms with Crippen LogP contribution in [0.15, 0.2) is 42.5 Å². The van der Waals surface area contributed by atoms with Gasteiger partial charge in [-0.3, -0.25) is 19.1 Å². The van der Waals surface area contributed by atoms with Crippen molar-refractivity contribution in [2.75, 3.05) is 6.54 Å². The lowest BCUT2D eigenvalue weighted by atomic mass is 10.1. The number of nitrogens with two attached hydrogens (primary N) is 1. The maximum atomic E-state index is 14.2. The van der Waals surface area contributed by atoms with Crippen LogP contribution in [0.4, 0.5) is 4.39 Å². The summed E-state index contributed by atoms with van der Waals surface area (Å²) < 4.78 is 15.6. The van der Waals surface area contributed by atoms with Crippen molar-refractivity contribution < 1.29 is 18.8 Å². The lowest BCUT2D eigenvalue weighted by Crippen LogP contribution is -2.51. The summed E-state index contributed by atoms with van der Waals surface area (Å²) in [5.74, 6) is -1.75. The number of nitrogens with zero attached hydrogens (tertiary/aromatic N) is 3. The van der Waals surface area contributed by atoms with Gasteiger partial charge in [-0.15, -0.1) is 0 Å². The molecule has 1 aromatic heterocycles. The van der Waals surface area contributed by atoms with Gasteiger partial charge < -0.3 is 16.0 Å². The van der Waals surface area contributed by atoms with Crippen LogP contribution in [0, 0.1) is 11.7 Å². The minimum absolute atomic E-state index is 0.0105. The van der Waals surface area contributed by atoms with Crippen molar-refractivity contribution in [3.63, 3.8) is 0 Å². The molecule has 8 nitrogen and oxygen atoms in total. The number of carbonyl (C=O) groups excluding carboxylic acids is 3. The highest BCUT2D eigenvalue weighted by molar-refractivity contribution is 6.30. The second-order valence-electron chi connectivity index (χ2n) is 8.44. The summed E-state index contributed by atoms with van der Waals surface area (Å²) in [4.78, 5) is 39.7. The number of aromatic nitrogens is 2. The highest BCUT2D eigenvalue weighted by Gasteiger charge is 2.68. The minimum atomic E-state index is -0.929. The van der Waals surface area contributed by atoms with Gasteiger partial charge in [0.1, 0.15) is 17.9 Å². The van der Waals surface area contributed by atoms with E-state index in [4.69, 9.17) is 17.3 Å². The van der Waals surface area contributed by atoms with E-state index in [1.54, 1.807) is 41.3 Å². The Kier molecular flexibility index (Phi) is 5.08. The van der Waals surface area contributed by atoms with Crippen LogP contribution in [0.3, 0.4) is 0 Å². The lowest BCUT2D eigenvalue weighted by molar-refractivity contribution is -0.141. The van der Waals surface area contributed by atoms with Crippen LogP contribution in [0.25, 0.3) is 10.9 Å². The zero-order chi connectivity index (χ0) is 23.3. The van der Waals surface area contributed by atoms with Gasteiger partial charge >= 0.3 is 0 Å². The number of hydrogen-bond acceptors (Lipinski definition) is 4. The molecule has 1 aliphatic heterocycles. The molecule has 3 amide bonds. The van der Waals surface area contributed by atoms with Gasteiger partial charge in [0.15, 0.2) is 5.69 Å². The summed E-state index contributed by atoms with van der Waals surface area (Å²) in [6.45, 7) is 0.302. The second-order valence-corrected chi connectivity index (χ2v) is 8.85. The van der Waals surface area contributed by atoms with Crippen LogP contribution in [0.2, 0.25) is 5.02 Å². The number of rotatable bonds is 6. The van der Waals surface area contributed by atoms with Crippen LogP contribution >= 0.6 is 11.6 Å². The SMILES string of the molecule is NC(=O)c1nn(CC(=O)N2CCC3CC32C(=O)NCc2cccc(Cl)c2F)c2ccccc12. The van der Waals surface area contributed by atoms with E-state index >= 15 is 0 Å². The Morgan fingerprint density at radius 1 is 1.21 bits per heavy atom. The molecular weight excluding hydrogens is 449 g/mol. The van der Waals surface area contributed by atoms with Crippen LogP contribution in [-0.2, 0) is 22.7 Å². The van der Waals surface area contributed by atoms with Gasteiger partial charge in [-0.1, -0.05) is 41.9 Å². The molecule has 2 unspecified atom stereocenters. The third-order valence-corrected chi connectivity index (χ3v) is 6.89. The van der Waals surface area contributed by atoms with E-state index in [2.05, 4.69) is 10.4 Å². The number of likely N-dealkylation sites (tertiary alicyclic amines) is 1. The first-order valence-electron chi connectivity index (χ1n) is 10.6. The molecule has 1 saturated carbocycles. The van der Waals surface area contributed by atoms with Crippen molar-refractivity contribution in [1.82, 2.24) is 20.0 Å². The Labute approximate surface area is 193 Å². The van der Waals surface area contributed by atoms with Crippen molar-refractivity contribution in [1.29, 1.82) is 0 Å². The van der Waals surface area contributed by atoms with Gasteiger partial charge in [-0.05, 0) is 30.9 Å². The second kappa shape index (κ2) is 7.84. The fourth-order valence-corrected chi connectivity index (χ4v) is 5.07. The summed E-state index contributed by atoms with van der Waals surface area (Å²) in [7, 11) is 0. The maximum absolute atomic E-state index is 14.2. The summed E-state index contributed by atoms with van der Waals surface area (Å²) in [5.41, 5.74) is 5.50. The van der Waals surface area contributed by atoms with Gasteiger partial charge in [-0.25, -0.2) is 4.39 Å². The van der Waals surface area contributed by atoms with E-state index in [-0.39, 0.29) is 47.1 Å². The normalized spacial score (nSPS) is 21.2. The third-order valence-electron chi connectivity index (χ3n) is 6.60. The first kappa shape index (κ1) is 21.4. The zero-order valence-corrected chi connectivity index (χ0v) is 18.3. The molecule has 10 heteroatoms. The van der Waals surface area contributed by atoms with E-state index in [9.17, 15) is 18.8 Å². The number of fused-ring (bicyclic) bond motifs is 2. The monoisotopic (exact) mass is 469 g/mol. The van der Waals surface area contributed by atoms with Gasteiger partial charge in [-0.2, -0.15) is 5.10 Å². The number of nitrogens with one attached hydrogen (secondary N) is 1. The maximum Gasteiger partial charge on any atom is 0.269 e. The molecule has 0 bridgehead atoms. The fraction of sp³-hybridized carbons (Fsp3) is 0.304. The molecule has 3 N–H and O–H groups in total. The molecule has 0 spiro atoms. The molecule has 1 saturated heterocycles. The lowest BCUT2D eigenvalue weighted by Gasteiger charge is -2.27. The Balaban J connectivity index is 1.34. The Morgan fingerprint density at radius 2 is 2.00 bits per heavy atom. The minimum Gasteiger partial charge on any atom is -0.364 e. The first-order valence-corrected chi connectivity index (χ1v) is 11.0. The molecule has 3 aromatic rings. The van der Waals surface area contributed by atoms with Crippen molar-refractivity contribution in [2.45, 2.75) is 31.5 Å². The van der Waals surface area contributed by atoms with Gasteiger partial charge in [0.25, 0.3) is 5.91 Å². The van der Waals surface area contributed by atoms with Crippen molar-refractivity contribution in [3.8, 4) is 0 Å². The number of hydrogen-bond donors (Lipinski definition) is 2. The predicted molar refractivity (Wildman–Crippen MR) is 119 cm³/mol. The highest BCUT2D eigenvalue weighted by atomic mass is 35.5. The molecule has 33 heavy (non-hydrogen) atoms. The van der Waals surface area contributed by atoms with Crippen LogP contribution in [0.5, 0.6) is 0 Å². The summed E-state index contributed by atoms with van der Waals surface area (Å²) in [6, 6.07) is 11.6. The number of halogens is 2. The quantitative estimate of drug-likeness (QED) is 0.576. The van der Waals surface area contributed by atoms with E-state index in [0.29, 0.717) is 23.9 Å². The average molecular weight is 470 g/mol. The van der Waals surface area contributed by atoms with Crippen molar-refractivity contribution in [2.24, 2.45) is 11.7 Å². The summed E-state index contributed by atoms with van der Waals surface area (Å²) in [6.07, 6.45) is 1.28. The number of para-hydroxylation sites is 1.